The molecule has 2 heterocycles. The molecular weight excluding hydrogens is 417 g/mol. The van der Waals surface area contributed by atoms with Gasteiger partial charge in [0.2, 0.25) is 5.91 Å². The summed E-state index contributed by atoms with van der Waals surface area (Å²) in [4.78, 5) is 19.8. The molecule has 0 aliphatic carbocycles. The molecule has 0 spiro atoms. The summed E-state index contributed by atoms with van der Waals surface area (Å²) in [5.74, 6) is -0.440. The van der Waals surface area contributed by atoms with Crippen molar-refractivity contribution in [1.82, 2.24) is 9.88 Å². The number of aryl methyl sites for hydroxylation is 2. The van der Waals surface area contributed by atoms with Crippen molar-refractivity contribution in [3.05, 3.63) is 59.3 Å². The molecule has 0 atom stereocenters. The Morgan fingerprint density at radius 1 is 1.09 bits per heavy atom. The number of anilines is 2. The van der Waals surface area contributed by atoms with Crippen molar-refractivity contribution in [2.24, 2.45) is 0 Å². The maximum absolute atomic E-state index is 13.7. The molecule has 2 aromatic carbocycles. The Morgan fingerprint density at radius 2 is 1.84 bits per heavy atom. The first kappa shape index (κ1) is 22.2. The summed E-state index contributed by atoms with van der Waals surface area (Å²) in [6, 6.07) is 10.2. The van der Waals surface area contributed by atoms with E-state index in [9.17, 15) is 18.0 Å². The lowest BCUT2D eigenvalue weighted by molar-refractivity contribution is -0.136. The van der Waals surface area contributed by atoms with Crippen molar-refractivity contribution in [2.75, 3.05) is 43.4 Å². The number of H-pyrrole nitrogens is 1. The molecule has 1 aromatic heterocycles. The Kier molecular flexibility index (Phi) is 6.15. The number of rotatable bonds is 5. The largest absolute Gasteiger partial charge is 0.418 e. The number of piperazine rings is 1. The molecule has 1 aliphatic heterocycles. The van der Waals surface area contributed by atoms with Crippen LogP contribution >= 0.6 is 0 Å². The van der Waals surface area contributed by atoms with Crippen molar-refractivity contribution in [3.8, 4) is 0 Å². The van der Waals surface area contributed by atoms with Gasteiger partial charge in [0, 0.05) is 55.4 Å². The van der Waals surface area contributed by atoms with E-state index in [0.717, 1.165) is 41.2 Å². The van der Waals surface area contributed by atoms with Gasteiger partial charge in [-0.2, -0.15) is 13.2 Å². The average Bonchev–Trinajstić information content (AvgIpc) is 3.14. The van der Waals surface area contributed by atoms with Crippen LogP contribution in [0.2, 0.25) is 0 Å². The van der Waals surface area contributed by atoms with Crippen LogP contribution in [0.3, 0.4) is 0 Å². The Morgan fingerprint density at radius 3 is 2.56 bits per heavy atom. The van der Waals surface area contributed by atoms with Gasteiger partial charge in [0.05, 0.1) is 11.3 Å². The van der Waals surface area contributed by atoms with E-state index >= 15 is 0 Å². The van der Waals surface area contributed by atoms with Gasteiger partial charge in [-0.15, -0.1) is 0 Å². The second kappa shape index (κ2) is 8.86. The second-order valence-electron chi connectivity index (χ2n) is 8.43. The van der Waals surface area contributed by atoms with Gasteiger partial charge in [-0.1, -0.05) is 11.6 Å². The summed E-state index contributed by atoms with van der Waals surface area (Å²) in [5, 5.41) is 3.51. The number of nitrogens with one attached hydrogen (secondary N) is 2. The number of halogens is 3. The van der Waals surface area contributed by atoms with Gasteiger partial charge in [-0.05, 0) is 56.3 Å². The predicted molar refractivity (Wildman–Crippen MR) is 121 cm³/mol. The molecule has 3 aromatic rings. The highest BCUT2D eigenvalue weighted by molar-refractivity contribution is 5.93. The van der Waals surface area contributed by atoms with E-state index in [2.05, 4.69) is 15.2 Å². The van der Waals surface area contributed by atoms with Crippen LogP contribution in [0.15, 0.2) is 42.6 Å². The molecule has 1 aliphatic rings. The Balaban J connectivity index is 1.47. The fourth-order valence-corrected chi connectivity index (χ4v) is 4.10. The smallest absolute Gasteiger partial charge is 0.369 e. The summed E-state index contributed by atoms with van der Waals surface area (Å²) in [5.41, 5.74) is 2.57. The molecule has 1 fully saturated rings. The maximum Gasteiger partial charge on any atom is 0.418 e. The van der Waals surface area contributed by atoms with Gasteiger partial charge in [-0.3, -0.25) is 4.79 Å². The number of benzene rings is 2. The van der Waals surface area contributed by atoms with Crippen LogP contribution in [-0.4, -0.2) is 49.0 Å². The quantitative estimate of drug-likeness (QED) is 0.593. The van der Waals surface area contributed by atoms with E-state index in [0.29, 0.717) is 25.2 Å². The summed E-state index contributed by atoms with van der Waals surface area (Å²) >= 11 is 0. The van der Waals surface area contributed by atoms with Crippen LogP contribution in [-0.2, 0) is 17.4 Å². The highest BCUT2D eigenvalue weighted by Crippen LogP contribution is 2.37. The van der Waals surface area contributed by atoms with E-state index in [4.69, 9.17) is 0 Å². The molecule has 0 bridgehead atoms. The Hall–Kier alpha value is -3.00. The minimum atomic E-state index is -4.56. The highest BCUT2D eigenvalue weighted by Gasteiger charge is 2.35. The molecule has 1 saturated heterocycles. The SMILES string of the molecule is Cc1ccc2[nH]cc(CCC(=O)Nc3ccc(N4CCN(C)CC4)cc3C(F)(F)F)c2c1. The lowest BCUT2D eigenvalue weighted by Gasteiger charge is -2.34. The van der Waals surface area contributed by atoms with E-state index in [1.807, 2.05) is 43.3 Å². The first-order valence-electron chi connectivity index (χ1n) is 10.7. The number of fused-ring (bicyclic) bond motifs is 1. The minimum Gasteiger partial charge on any atom is -0.369 e. The maximum atomic E-state index is 13.7. The third-order valence-corrected chi connectivity index (χ3v) is 6.00. The van der Waals surface area contributed by atoms with E-state index in [-0.39, 0.29) is 12.1 Å². The molecule has 5 nitrogen and oxygen atoms in total. The zero-order valence-corrected chi connectivity index (χ0v) is 18.2. The number of aromatic amines is 1. The molecule has 0 unspecified atom stereocenters. The molecule has 4 rings (SSSR count). The van der Waals surface area contributed by atoms with Crippen molar-refractivity contribution >= 4 is 28.2 Å². The fraction of sp³-hybridized carbons (Fsp3) is 0.375. The van der Waals surface area contributed by atoms with Crippen molar-refractivity contribution in [1.29, 1.82) is 0 Å². The number of hydrogen-bond donors (Lipinski definition) is 2. The standard InChI is InChI=1S/C24H27F3N4O/c1-16-3-6-21-19(13-16)17(15-28-21)4-8-23(32)29-22-7-5-18(14-20(22)24(25,26)27)31-11-9-30(2)10-12-31/h3,5-7,13-15,28H,4,8-12H2,1-2H3,(H,29,32). The molecule has 8 heteroatoms. The Bertz CT molecular complexity index is 1110. The summed E-state index contributed by atoms with van der Waals surface area (Å²) < 4.78 is 41.2. The van der Waals surface area contributed by atoms with Gasteiger partial charge in [0.1, 0.15) is 0 Å². The van der Waals surface area contributed by atoms with Crippen LogP contribution in [0.4, 0.5) is 24.5 Å². The minimum absolute atomic E-state index is 0.0956. The third-order valence-electron chi connectivity index (χ3n) is 6.00. The van der Waals surface area contributed by atoms with Crippen LogP contribution in [0, 0.1) is 6.92 Å². The number of carbonyl (C=O) groups is 1. The summed E-state index contributed by atoms with van der Waals surface area (Å²) in [7, 11) is 1.99. The number of amides is 1. The lowest BCUT2D eigenvalue weighted by atomic mass is 10.1. The van der Waals surface area contributed by atoms with Crippen LogP contribution in [0.1, 0.15) is 23.1 Å². The van der Waals surface area contributed by atoms with Crippen LogP contribution in [0.5, 0.6) is 0 Å². The first-order valence-corrected chi connectivity index (χ1v) is 10.7. The van der Waals surface area contributed by atoms with Gasteiger partial charge in [0.15, 0.2) is 0 Å². The summed E-state index contributed by atoms with van der Waals surface area (Å²) in [6.45, 7) is 4.93. The van der Waals surface area contributed by atoms with Crippen LogP contribution in [0.25, 0.3) is 10.9 Å². The fourth-order valence-electron chi connectivity index (χ4n) is 4.10. The van der Waals surface area contributed by atoms with Crippen LogP contribution < -0.4 is 10.2 Å². The molecule has 2 N–H and O–H groups in total. The average molecular weight is 445 g/mol. The monoisotopic (exact) mass is 444 g/mol. The molecule has 0 saturated carbocycles. The predicted octanol–water partition coefficient (Wildman–Crippen LogP) is 4.82. The van der Waals surface area contributed by atoms with Crippen molar-refractivity contribution in [3.63, 3.8) is 0 Å². The number of nitrogens with zero attached hydrogens (tertiary/aromatic N) is 2. The molecular formula is C24H27F3N4O. The second-order valence-corrected chi connectivity index (χ2v) is 8.43. The topological polar surface area (TPSA) is 51.4 Å². The zero-order chi connectivity index (χ0) is 22.9. The number of likely N-dealkylation sites (N-methyl/N-ethyl adjacent to an activating group) is 1. The number of hydrogen-bond acceptors (Lipinski definition) is 3. The van der Waals surface area contributed by atoms with Crippen molar-refractivity contribution < 1.29 is 18.0 Å². The summed E-state index contributed by atoms with van der Waals surface area (Å²) in [6.07, 6.45) is -2.17. The van der Waals surface area contributed by atoms with Gasteiger partial charge in [0.25, 0.3) is 0 Å². The number of carbonyl (C=O) groups excluding carboxylic acids is 1. The van der Waals surface area contributed by atoms with E-state index in [1.54, 1.807) is 6.07 Å². The molecule has 0 radical (unpaired) electrons. The zero-order valence-electron chi connectivity index (χ0n) is 18.2. The van der Waals surface area contributed by atoms with E-state index in [1.165, 1.54) is 6.07 Å². The Labute approximate surface area is 185 Å². The van der Waals surface area contributed by atoms with Gasteiger partial charge < -0.3 is 20.1 Å². The normalized spacial score (nSPS) is 15.3. The van der Waals surface area contributed by atoms with Gasteiger partial charge in [-0.25, -0.2) is 0 Å². The lowest BCUT2D eigenvalue weighted by Crippen LogP contribution is -2.44. The van der Waals surface area contributed by atoms with Gasteiger partial charge >= 0.3 is 6.18 Å². The molecule has 32 heavy (non-hydrogen) atoms. The third kappa shape index (κ3) is 4.91. The molecule has 170 valence electrons. The number of aromatic nitrogens is 1. The number of alkyl halides is 3. The first-order chi connectivity index (χ1) is 15.2. The highest BCUT2D eigenvalue weighted by atomic mass is 19.4. The van der Waals surface area contributed by atoms with E-state index < -0.39 is 17.6 Å². The van der Waals surface area contributed by atoms with Crippen molar-refractivity contribution in [2.45, 2.75) is 25.9 Å². The molecule has 1 amide bonds.